The van der Waals surface area contributed by atoms with Crippen molar-refractivity contribution in [2.45, 2.75) is 32.2 Å². The number of carbonyl (C=O) groups is 1. The summed E-state index contributed by atoms with van der Waals surface area (Å²) in [5.74, 6) is 1.82. The zero-order valence-corrected chi connectivity index (χ0v) is 15.5. The lowest BCUT2D eigenvalue weighted by Gasteiger charge is -2.24. The van der Waals surface area contributed by atoms with E-state index in [-0.39, 0.29) is 11.9 Å². The Labute approximate surface area is 159 Å². The van der Waals surface area contributed by atoms with Gasteiger partial charge in [-0.15, -0.1) is 0 Å². The van der Waals surface area contributed by atoms with Crippen LogP contribution in [0.2, 0.25) is 0 Å². The minimum atomic E-state index is 0.186. The lowest BCUT2D eigenvalue weighted by atomic mass is 10.1. The Hall–Kier alpha value is -3.01. The molecule has 2 aromatic carbocycles. The van der Waals surface area contributed by atoms with Crippen LogP contribution < -0.4 is 4.74 Å². The average molecular weight is 360 g/mol. The van der Waals surface area contributed by atoms with Gasteiger partial charge in [0.1, 0.15) is 11.5 Å². The highest BCUT2D eigenvalue weighted by molar-refractivity contribution is 5.79. The van der Waals surface area contributed by atoms with Crippen LogP contribution >= 0.6 is 0 Å². The molecule has 27 heavy (non-hydrogen) atoms. The first-order valence-electron chi connectivity index (χ1n) is 9.45. The number of benzene rings is 2. The number of aromatic nitrogens is 1. The maximum absolute atomic E-state index is 12.8. The van der Waals surface area contributed by atoms with Crippen molar-refractivity contribution in [3.8, 4) is 11.5 Å². The summed E-state index contributed by atoms with van der Waals surface area (Å²) in [5.41, 5.74) is 3.31. The third-order valence-electron chi connectivity index (χ3n) is 5.18. The van der Waals surface area contributed by atoms with Gasteiger partial charge < -0.3 is 14.6 Å². The maximum Gasteiger partial charge on any atom is 0.227 e. The van der Waals surface area contributed by atoms with E-state index in [1.165, 1.54) is 5.56 Å². The number of hydrogen-bond donors (Lipinski definition) is 1. The van der Waals surface area contributed by atoms with Crippen LogP contribution in [0.15, 0.2) is 67.0 Å². The van der Waals surface area contributed by atoms with Gasteiger partial charge in [0.05, 0.1) is 12.5 Å². The van der Waals surface area contributed by atoms with Crippen molar-refractivity contribution in [3.63, 3.8) is 0 Å². The quantitative estimate of drug-likeness (QED) is 0.694. The van der Waals surface area contributed by atoms with E-state index in [9.17, 15) is 4.79 Å². The molecule has 0 saturated carbocycles. The van der Waals surface area contributed by atoms with Crippen LogP contribution in [0.3, 0.4) is 0 Å². The van der Waals surface area contributed by atoms with Crippen molar-refractivity contribution in [3.05, 3.63) is 83.7 Å². The Kier molecular flexibility index (Phi) is 4.97. The molecule has 0 aliphatic carbocycles. The van der Waals surface area contributed by atoms with Crippen LogP contribution in [0.1, 0.15) is 35.6 Å². The van der Waals surface area contributed by atoms with Crippen molar-refractivity contribution >= 4 is 5.91 Å². The Morgan fingerprint density at radius 1 is 1.15 bits per heavy atom. The SMILES string of the molecule is Cc1ccccc1Oc1ccc(CC(=O)N2CCCC2c2cc[nH]c2)cc1. The lowest BCUT2D eigenvalue weighted by Crippen LogP contribution is -2.31. The molecule has 1 N–H and O–H groups in total. The van der Waals surface area contributed by atoms with Gasteiger partial charge in [0.15, 0.2) is 0 Å². The summed E-state index contributed by atoms with van der Waals surface area (Å²) in [6, 6.07) is 18.0. The molecule has 1 aliphatic rings. The van der Waals surface area contributed by atoms with Crippen molar-refractivity contribution in [1.29, 1.82) is 0 Å². The monoisotopic (exact) mass is 360 g/mol. The number of carbonyl (C=O) groups excluding carboxylic acids is 1. The molecule has 1 fully saturated rings. The van der Waals surface area contributed by atoms with Gasteiger partial charge in [-0.25, -0.2) is 0 Å². The highest BCUT2D eigenvalue weighted by Gasteiger charge is 2.29. The fourth-order valence-corrected chi connectivity index (χ4v) is 3.71. The predicted molar refractivity (Wildman–Crippen MR) is 106 cm³/mol. The minimum absolute atomic E-state index is 0.186. The number of rotatable bonds is 5. The van der Waals surface area contributed by atoms with Crippen molar-refractivity contribution in [2.75, 3.05) is 6.54 Å². The molecule has 1 aliphatic heterocycles. The Balaban J connectivity index is 1.41. The van der Waals surface area contributed by atoms with E-state index < -0.39 is 0 Å². The molecular formula is C23H24N2O2. The van der Waals surface area contributed by atoms with Crippen LogP contribution in [0.4, 0.5) is 0 Å². The fraction of sp³-hybridized carbons (Fsp3) is 0.261. The van der Waals surface area contributed by atoms with E-state index in [0.717, 1.165) is 42.0 Å². The second-order valence-corrected chi connectivity index (χ2v) is 7.08. The smallest absolute Gasteiger partial charge is 0.227 e. The highest BCUT2D eigenvalue weighted by atomic mass is 16.5. The summed E-state index contributed by atoms with van der Waals surface area (Å²) in [6.07, 6.45) is 6.43. The molecule has 1 amide bonds. The van der Waals surface area contributed by atoms with Gasteiger partial charge in [0.2, 0.25) is 5.91 Å². The minimum Gasteiger partial charge on any atom is -0.457 e. The number of H-pyrrole nitrogens is 1. The number of aromatic amines is 1. The first-order chi connectivity index (χ1) is 13.2. The molecule has 3 aromatic rings. The molecule has 4 nitrogen and oxygen atoms in total. The molecule has 138 valence electrons. The van der Waals surface area contributed by atoms with Crippen LogP contribution in [0.5, 0.6) is 11.5 Å². The molecule has 1 aromatic heterocycles. The number of ether oxygens (including phenoxy) is 1. The third-order valence-corrected chi connectivity index (χ3v) is 5.18. The van der Waals surface area contributed by atoms with Crippen LogP contribution in [-0.2, 0) is 11.2 Å². The van der Waals surface area contributed by atoms with Gasteiger partial charge in [-0.2, -0.15) is 0 Å². The Bertz CT molecular complexity index is 900. The lowest BCUT2D eigenvalue weighted by molar-refractivity contribution is -0.131. The molecule has 4 rings (SSSR count). The van der Waals surface area contributed by atoms with Crippen molar-refractivity contribution in [1.82, 2.24) is 9.88 Å². The summed E-state index contributed by atoms with van der Waals surface area (Å²) in [6.45, 7) is 2.86. The van der Waals surface area contributed by atoms with E-state index in [0.29, 0.717) is 6.42 Å². The number of amides is 1. The van der Waals surface area contributed by atoms with Crippen LogP contribution in [0, 0.1) is 6.92 Å². The largest absolute Gasteiger partial charge is 0.457 e. The van der Waals surface area contributed by atoms with Gasteiger partial charge in [-0.05, 0) is 60.7 Å². The molecule has 0 spiro atoms. The summed E-state index contributed by atoms with van der Waals surface area (Å²) in [7, 11) is 0. The fourth-order valence-electron chi connectivity index (χ4n) is 3.71. The first-order valence-corrected chi connectivity index (χ1v) is 9.45. The van der Waals surface area contributed by atoms with E-state index >= 15 is 0 Å². The second-order valence-electron chi connectivity index (χ2n) is 7.08. The third kappa shape index (κ3) is 3.90. The van der Waals surface area contributed by atoms with Crippen LogP contribution in [0.25, 0.3) is 0 Å². The van der Waals surface area contributed by atoms with E-state index in [1.54, 1.807) is 0 Å². The summed E-state index contributed by atoms with van der Waals surface area (Å²) >= 11 is 0. The molecule has 2 heterocycles. The Morgan fingerprint density at radius 2 is 1.96 bits per heavy atom. The van der Waals surface area contributed by atoms with Gasteiger partial charge >= 0.3 is 0 Å². The summed E-state index contributed by atoms with van der Waals surface area (Å²) in [5, 5.41) is 0. The predicted octanol–water partition coefficient (Wildman–Crippen LogP) is 5.02. The molecule has 1 unspecified atom stereocenters. The first kappa shape index (κ1) is 17.4. The number of hydrogen-bond acceptors (Lipinski definition) is 2. The molecule has 0 radical (unpaired) electrons. The van der Waals surface area contributed by atoms with E-state index in [4.69, 9.17) is 4.74 Å². The standard InChI is InChI=1S/C23H24N2O2/c1-17-5-2-3-7-22(17)27-20-10-8-18(9-11-20)15-23(26)25-14-4-6-21(25)19-12-13-24-16-19/h2-3,5,7-13,16,21,24H,4,6,14-15H2,1H3. The second kappa shape index (κ2) is 7.70. The molecule has 0 bridgehead atoms. The summed E-state index contributed by atoms with van der Waals surface area (Å²) in [4.78, 5) is 17.9. The zero-order valence-electron chi connectivity index (χ0n) is 15.5. The Morgan fingerprint density at radius 3 is 2.70 bits per heavy atom. The molecular weight excluding hydrogens is 336 g/mol. The number of nitrogens with zero attached hydrogens (tertiary/aromatic N) is 1. The van der Waals surface area contributed by atoms with Gasteiger partial charge in [-0.1, -0.05) is 30.3 Å². The van der Waals surface area contributed by atoms with Crippen LogP contribution in [-0.4, -0.2) is 22.3 Å². The molecule has 1 atom stereocenters. The van der Waals surface area contributed by atoms with Gasteiger partial charge in [0, 0.05) is 18.9 Å². The number of nitrogens with one attached hydrogen (secondary N) is 1. The van der Waals surface area contributed by atoms with E-state index in [2.05, 4.69) is 11.1 Å². The number of aryl methyl sites for hydroxylation is 1. The van der Waals surface area contributed by atoms with Crippen molar-refractivity contribution in [2.24, 2.45) is 0 Å². The summed E-state index contributed by atoms with van der Waals surface area (Å²) < 4.78 is 5.94. The molecule has 4 heteroatoms. The average Bonchev–Trinajstić information content (AvgIpc) is 3.36. The topological polar surface area (TPSA) is 45.3 Å². The van der Waals surface area contributed by atoms with Gasteiger partial charge in [0.25, 0.3) is 0 Å². The zero-order chi connectivity index (χ0) is 18.6. The van der Waals surface area contributed by atoms with Crippen molar-refractivity contribution < 1.29 is 9.53 Å². The van der Waals surface area contributed by atoms with E-state index in [1.807, 2.05) is 72.7 Å². The molecule has 1 saturated heterocycles. The maximum atomic E-state index is 12.8. The number of para-hydroxylation sites is 1. The highest BCUT2D eigenvalue weighted by Crippen LogP contribution is 2.32. The van der Waals surface area contributed by atoms with Gasteiger partial charge in [-0.3, -0.25) is 4.79 Å². The number of likely N-dealkylation sites (tertiary alicyclic amines) is 1. The normalized spacial score (nSPS) is 16.5.